The van der Waals surface area contributed by atoms with E-state index >= 15 is 0 Å². The number of rotatable bonds is 2. The average molecular weight is 389 g/mol. The van der Waals surface area contributed by atoms with E-state index in [0.29, 0.717) is 0 Å². The molecule has 0 saturated heterocycles. The Hall–Kier alpha value is -2.72. The Bertz CT molecular complexity index is 1250. The fraction of sp³-hybridized carbons (Fsp3) is 0.261. The van der Waals surface area contributed by atoms with Crippen molar-refractivity contribution < 1.29 is 8.97 Å². The molecule has 138 valence electrons. The van der Waals surface area contributed by atoms with Crippen LogP contribution in [0.25, 0.3) is 11.5 Å². The van der Waals surface area contributed by atoms with Crippen molar-refractivity contribution in [1.29, 1.82) is 0 Å². The zero-order chi connectivity index (χ0) is 19.1. The molecule has 0 N–H and O–H groups in total. The maximum Gasteiger partial charge on any atom is 0.324 e. The SMILES string of the molecule is CC1(C)c2ccc[n+]3c(C4(c5ccc(Cl)cc5)CC4)nn(c23)-c2cccc[n+]21. The Morgan fingerprint density at radius 3 is 2.50 bits per heavy atom. The van der Waals surface area contributed by atoms with Crippen molar-refractivity contribution in [2.75, 3.05) is 0 Å². The molecule has 3 aromatic heterocycles. The van der Waals surface area contributed by atoms with Crippen LogP contribution in [-0.4, -0.2) is 9.78 Å². The third-order valence-electron chi connectivity index (χ3n) is 6.48. The number of nitrogens with zero attached hydrogens (tertiary/aromatic N) is 4. The Morgan fingerprint density at radius 2 is 1.75 bits per heavy atom. The van der Waals surface area contributed by atoms with Crippen molar-refractivity contribution in [2.45, 2.75) is 37.6 Å². The molecule has 5 heteroatoms. The Labute approximate surface area is 168 Å². The monoisotopic (exact) mass is 388 g/mol. The van der Waals surface area contributed by atoms with E-state index in [-0.39, 0.29) is 11.0 Å². The lowest BCUT2D eigenvalue weighted by molar-refractivity contribution is -0.744. The number of hydrogen-bond acceptors (Lipinski definition) is 1. The van der Waals surface area contributed by atoms with Crippen molar-refractivity contribution >= 4 is 17.2 Å². The highest BCUT2D eigenvalue weighted by Gasteiger charge is 2.56. The summed E-state index contributed by atoms with van der Waals surface area (Å²) < 4.78 is 6.73. The van der Waals surface area contributed by atoms with E-state index in [4.69, 9.17) is 16.7 Å². The molecule has 1 aliphatic carbocycles. The van der Waals surface area contributed by atoms with Gasteiger partial charge in [-0.3, -0.25) is 0 Å². The Morgan fingerprint density at radius 1 is 0.964 bits per heavy atom. The third-order valence-corrected chi connectivity index (χ3v) is 6.73. The molecular formula is C23H21ClN4+2. The summed E-state index contributed by atoms with van der Waals surface area (Å²) in [7, 11) is 0. The van der Waals surface area contributed by atoms with E-state index in [9.17, 15) is 0 Å². The standard InChI is InChI=1S/C23H21ClN4/c1-22(2)18-6-5-14-26-20(18)28(19-7-3-4-15-27(19)22)25-21(26)23(12-13-23)16-8-10-17(24)11-9-16/h3-11,14-15H,12-13H2,1-2H3/q+2. The molecule has 4 aromatic rings. The zero-order valence-corrected chi connectivity index (χ0v) is 16.7. The zero-order valence-electron chi connectivity index (χ0n) is 15.9. The van der Waals surface area contributed by atoms with Crippen LogP contribution < -0.4 is 8.97 Å². The van der Waals surface area contributed by atoms with Crippen LogP contribution in [0.15, 0.2) is 67.0 Å². The molecule has 0 atom stereocenters. The lowest BCUT2D eigenvalue weighted by Crippen LogP contribution is -2.58. The first-order valence-electron chi connectivity index (χ1n) is 9.74. The van der Waals surface area contributed by atoms with Gasteiger partial charge in [0.25, 0.3) is 0 Å². The van der Waals surface area contributed by atoms with Crippen molar-refractivity contribution in [3.05, 3.63) is 89.0 Å². The van der Waals surface area contributed by atoms with Crippen LogP contribution in [0.3, 0.4) is 0 Å². The lowest BCUT2D eigenvalue weighted by Gasteiger charge is -2.26. The van der Waals surface area contributed by atoms with E-state index in [1.807, 2.05) is 12.1 Å². The Kier molecular flexibility index (Phi) is 3.02. The minimum atomic E-state index is -0.145. The van der Waals surface area contributed by atoms with Crippen molar-refractivity contribution in [3.63, 3.8) is 0 Å². The summed E-state index contributed by atoms with van der Waals surface area (Å²) in [5.41, 5.74) is 3.55. The van der Waals surface area contributed by atoms with Gasteiger partial charge in [0, 0.05) is 11.1 Å². The average Bonchev–Trinajstić information content (AvgIpc) is 3.41. The van der Waals surface area contributed by atoms with E-state index in [1.54, 1.807) is 0 Å². The second-order valence-corrected chi connectivity index (χ2v) is 8.86. The molecule has 1 aliphatic heterocycles. The van der Waals surface area contributed by atoms with Crippen LogP contribution in [0.2, 0.25) is 5.02 Å². The first-order valence-corrected chi connectivity index (χ1v) is 10.1. The molecule has 0 amide bonds. The predicted molar refractivity (Wildman–Crippen MR) is 107 cm³/mol. The molecule has 28 heavy (non-hydrogen) atoms. The smallest absolute Gasteiger partial charge is 0.222 e. The normalized spacial score (nSPS) is 18.1. The summed E-state index contributed by atoms with van der Waals surface area (Å²) in [5.74, 6) is 2.21. The molecule has 4 nitrogen and oxygen atoms in total. The van der Waals surface area contributed by atoms with Crippen molar-refractivity contribution in [1.82, 2.24) is 9.78 Å². The molecule has 1 aromatic carbocycles. The quantitative estimate of drug-likeness (QED) is 0.480. The van der Waals surface area contributed by atoms with Gasteiger partial charge in [-0.25, -0.2) is 4.57 Å². The fourth-order valence-electron chi connectivity index (χ4n) is 4.79. The second-order valence-electron chi connectivity index (χ2n) is 8.43. The van der Waals surface area contributed by atoms with E-state index in [1.165, 1.54) is 11.1 Å². The minimum Gasteiger partial charge on any atom is -0.222 e. The van der Waals surface area contributed by atoms with Gasteiger partial charge in [-0.15, -0.1) is 0 Å². The molecular weight excluding hydrogens is 368 g/mol. The first kappa shape index (κ1) is 16.3. The summed E-state index contributed by atoms with van der Waals surface area (Å²) in [6.45, 7) is 4.54. The number of aromatic nitrogens is 4. The largest absolute Gasteiger partial charge is 0.324 e. The summed E-state index contributed by atoms with van der Waals surface area (Å²) in [6, 6.07) is 19.0. The molecule has 6 rings (SSSR count). The van der Waals surface area contributed by atoms with Gasteiger partial charge in [-0.05, 0) is 67.3 Å². The lowest BCUT2D eigenvalue weighted by atomic mass is 9.92. The summed E-state index contributed by atoms with van der Waals surface area (Å²) in [4.78, 5) is 0. The predicted octanol–water partition coefficient (Wildman–Crippen LogP) is 3.73. The van der Waals surface area contributed by atoms with Crippen LogP contribution in [0, 0.1) is 0 Å². The van der Waals surface area contributed by atoms with Crippen LogP contribution in [-0.2, 0) is 11.0 Å². The van der Waals surface area contributed by atoms with Gasteiger partial charge in [0.15, 0.2) is 0 Å². The number of benzene rings is 1. The summed E-state index contributed by atoms with van der Waals surface area (Å²) >= 11 is 6.14. The maximum absolute atomic E-state index is 6.14. The molecule has 2 aliphatic rings. The number of halogens is 1. The third kappa shape index (κ3) is 1.93. The number of hydrogen-bond donors (Lipinski definition) is 0. The van der Waals surface area contributed by atoms with Crippen LogP contribution in [0.4, 0.5) is 0 Å². The molecule has 1 fully saturated rings. The number of fused-ring (bicyclic) bond motifs is 2. The van der Waals surface area contributed by atoms with Gasteiger partial charge in [0.05, 0.1) is 28.5 Å². The molecule has 0 unspecified atom stereocenters. The molecule has 0 bridgehead atoms. The highest BCUT2D eigenvalue weighted by atomic mass is 35.5. The Balaban J connectivity index is 1.68. The van der Waals surface area contributed by atoms with Crippen LogP contribution >= 0.6 is 11.6 Å². The molecule has 0 spiro atoms. The first-order chi connectivity index (χ1) is 13.5. The van der Waals surface area contributed by atoms with Crippen molar-refractivity contribution in [3.8, 4) is 5.82 Å². The van der Waals surface area contributed by atoms with Gasteiger partial charge >= 0.3 is 17.3 Å². The topological polar surface area (TPSA) is 25.8 Å². The van der Waals surface area contributed by atoms with Gasteiger partial charge in [-0.2, -0.15) is 4.40 Å². The van der Waals surface area contributed by atoms with E-state index in [2.05, 4.69) is 82.4 Å². The van der Waals surface area contributed by atoms with Gasteiger partial charge in [0.1, 0.15) is 5.54 Å². The maximum atomic E-state index is 6.14. The summed E-state index contributed by atoms with van der Waals surface area (Å²) in [6.07, 6.45) is 6.52. The number of pyridine rings is 2. The highest BCUT2D eigenvalue weighted by molar-refractivity contribution is 6.30. The fourth-order valence-corrected chi connectivity index (χ4v) is 4.91. The van der Waals surface area contributed by atoms with Crippen LogP contribution in [0.5, 0.6) is 0 Å². The molecule has 1 saturated carbocycles. The second kappa shape index (κ2) is 5.21. The van der Waals surface area contributed by atoms with Gasteiger partial charge in [0.2, 0.25) is 0 Å². The van der Waals surface area contributed by atoms with Crippen LogP contribution in [0.1, 0.15) is 43.6 Å². The van der Waals surface area contributed by atoms with Gasteiger partial charge in [-0.1, -0.05) is 29.8 Å². The van der Waals surface area contributed by atoms with E-state index < -0.39 is 0 Å². The summed E-state index contributed by atoms with van der Waals surface area (Å²) in [5, 5.41) is 5.96. The van der Waals surface area contributed by atoms with E-state index in [0.717, 1.165) is 35.2 Å². The van der Waals surface area contributed by atoms with Gasteiger partial charge < -0.3 is 0 Å². The molecule has 4 heterocycles. The highest BCUT2D eigenvalue weighted by Crippen LogP contribution is 2.52. The molecule has 0 radical (unpaired) electrons. The van der Waals surface area contributed by atoms with Crippen molar-refractivity contribution in [2.24, 2.45) is 0 Å². The minimum absolute atomic E-state index is 0.0362.